The van der Waals surface area contributed by atoms with Crippen LogP contribution in [-0.2, 0) is 6.42 Å². The van der Waals surface area contributed by atoms with Gasteiger partial charge in [-0.3, -0.25) is 4.98 Å². The van der Waals surface area contributed by atoms with Gasteiger partial charge in [0.25, 0.3) is 0 Å². The van der Waals surface area contributed by atoms with Crippen molar-refractivity contribution in [2.75, 3.05) is 13.1 Å². The van der Waals surface area contributed by atoms with E-state index < -0.39 is 0 Å². The molecule has 1 unspecified atom stereocenters. The molecular formula is C14H23ClN2. The summed E-state index contributed by atoms with van der Waals surface area (Å²) in [5.74, 6) is 1.37. The summed E-state index contributed by atoms with van der Waals surface area (Å²) < 4.78 is 0. The molecule has 0 radical (unpaired) electrons. The summed E-state index contributed by atoms with van der Waals surface area (Å²) in [5.41, 5.74) is 1.21. The molecule has 3 heteroatoms. The third-order valence-electron chi connectivity index (χ3n) is 2.79. The molecule has 0 aliphatic heterocycles. The molecule has 1 heterocycles. The SMILES string of the molecule is CC(C)CNCCC(C)Cc1ccncc1Cl. The molecule has 0 aromatic carbocycles. The van der Waals surface area contributed by atoms with Gasteiger partial charge in [-0.15, -0.1) is 0 Å². The summed E-state index contributed by atoms with van der Waals surface area (Å²) in [5, 5.41) is 4.26. The second-order valence-corrected chi connectivity index (χ2v) is 5.57. The van der Waals surface area contributed by atoms with Crippen molar-refractivity contribution in [2.45, 2.75) is 33.6 Å². The molecule has 1 rings (SSSR count). The fourth-order valence-electron chi connectivity index (χ4n) is 1.79. The molecule has 17 heavy (non-hydrogen) atoms. The van der Waals surface area contributed by atoms with Gasteiger partial charge >= 0.3 is 0 Å². The molecule has 96 valence electrons. The van der Waals surface area contributed by atoms with Crippen molar-refractivity contribution in [1.29, 1.82) is 0 Å². The highest BCUT2D eigenvalue weighted by Crippen LogP contribution is 2.18. The van der Waals surface area contributed by atoms with Crippen LogP contribution >= 0.6 is 11.6 Å². The van der Waals surface area contributed by atoms with Gasteiger partial charge in [-0.1, -0.05) is 32.4 Å². The van der Waals surface area contributed by atoms with Crippen LogP contribution in [0, 0.1) is 11.8 Å². The number of pyridine rings is 1. The van der Waals surface area contributed by atoms with Crippen molar-refractivity contribution >= 4 is 11.6 Å². The molecule has 0 saturated carbocycles. The van der Waals surface area contributed by atoms with Crippen molar-refractivity contribution in [1.82, 2.24) is 10.3 Å². The Balaban J connectivity index is 2.25. The van der Waals surface area contributed by atoms with E-state index >= 15 is 0 Å². The third-order valence-corrected chi connectivity index (χ3v) is 3.13. The van der Waals surface area contributed by atoms with Gasteiger partial charge in [0.05, 0.1) is 5.02 Å². The summed E-state index contributed by atoms with van der Waals surface area (Å²) >= 11 is 6.09. The zero-order valence-corrected chi connectivity index (χ0v) is 11.8. The second-order valence-electron chi connectivity index (χ2n) is 5.16. The molecular weight excluding hydrogens is 232 g/mol. The van der Waals surface area contributed by atoms with Crippen molar-refractivity contribution in [3.8, 4) is 0 Å². The maximum atomic E-state index is 6.09. The van der Waals surface area contributed by atoms with Crippen LogP contribution in [0.4, 0.5) is 0 Å². The Hall–Kier alpha value is -0.600. The first-order valence-electron chi connectivity index (χ1n) is 6.38. The Morgan fingerprint density at radius 1 is 1.35 bits per heavy atom. The summed E-state index contributed by atoms with van der Waals surface area (Å²) in [4.78, 5) is 4.00. The third kappa shape index (κ3) is 6.04. The number of hydrogen-bond donors (Lipinski definition) is 1. The Morgan fingerprint density at radius 2 is 2.12 bits per heavy atom. The molecule has 1 aromatic heterocycles. The first-order valence-corrected chi connectivity index (χ1v) is 6.76. The number of nitrogens with zero attached hydrogens (tertiary/aromatic N) is 1. The fraction of sp³-hybridized carbons (Fsp3) is 0.643. The fourth-order valence-corrected chi connectivity index (χ4v) is 1.98. The van der Waals surface area contributed by atoms with Crippen molar-refractivity contribution < 1.29 is 0 Å². The maximum Gasteiger partial charge on any atom is 0.0621 e. The summed E-state index contributed by atoms with van der Waals surface area (Å²) in [6.07, 6.45) is 5.75. The number of nitrogens with one attached hydrogen (secondary N) is 1. The summed E-state index contributed by atoms with van der Waals surface area (Å²) in [7, 11) is 0. The molecule has 1 aromatic rings. The minimum atomic E-state index is 0.648. The summed E-state index contributed by atoms with van der Waals surface area (Å²) in [6.45, 7) is 8.92. The lowest BCUT2D eigenvalue weighted by molar-refractivity contribution is 0.474. The van der Waals surface area contributed by atoms with Gasteiger partial charge in [0.15, 0.2) is 0 Å². The predicted molar refractivity (Wildman–Crippen MR) is 74.4 cm³/mol. The van der Waals surface area contributed by atoms with Crippen LogP contribution in [0.2, 0.25) is 5.02 Å². The first-order chi connectivity index (χ1) is 8.09. The lowest BCUT2D eigenvalue weighted by atomic mass is 9.99. The standard InChI is InChI=1S/C14H23ClN2/c1-11(2)9-16-6-4-12(3)8-13-5-7-17-10-14(13)15/h5,7,10-12,16H,4,6,8-9H2,1-3H3. The maximum absolute atomic E-state index is 6.09. The Bertz CT molecular complexity index is 326. The van der Waals surface area contributed by atoms with Crippen molar-refractivity contribution in [3.63, 3.8) is 0 Å². The van der Waals surface area contributed by atoms with E-state index in [9.17, 15) is 0 Å². The molecule has 0 amide bonds. The number of hydrogen-bond acceptors (Lipinski definition) is 2. The molecule has 2 nitrogen and oxygen atoms in total. The van der Waals surface area contributed by atoms with E-state index in [0.29, 0.717) is 5.92 Å². The van der Waals surface area contributed by atoms with Gasteiger partial charge in [0.2, 0.25) is 0 Å². The topological polar surface area (TPSA) is 24.9 Å². The molecule has 0 aliphatic carbocycles. The van der Waals surface area contributed by atoms with Gasteiger partial charge in [-0.2, -0.15) is 0 Å². The quantitative estimate of drug-likeness (QED) is 0.753. The smallest absolute Gasteiger partial charge is 0.0621 e. The van der Waals surface area contributed by atoms with Crippen LogP contribution in [0.25, 0.3) is 0 Å². The zero-order chi connectivity index (χ0) is 12.7. The predicted octanol–water partition coefficient (Wildman–Crippen LogP) is 3.55. The average Bonchev–Trinajstić information content (AvgIpc) is 2.27. The van der Waals surface area contributed by atoms with Gasteiger partial charge < -0.3 is 5.32 Å². The van der Waals surface area contributed by atoms with Crippen molar-refractivity contribution in [2.24, 2.45) is 11.8 Å². The number of rotatable bonds is 7. The van der Waals surface area contributed by atoms with E-state index in [2.05, 4.69) is 31.1 Å². The Kier molecular flexibility index (Phi) is 6.53. The highest BCUT2D eigenvalue weighted by atomic mass is 35.5. The van der Waals surface area contributed by atoms with E-state index in [1.54, 1.807) is 6.20 Å². The molecule has 1 N–H and O–H groups in total. The molecule has 0 bridgehead atoms. The largest absolute Gasteiger partial charge is 0.316 e. The average molecular weight is 255 g/mol. The van der Waals surface area contributed by atoms with Crippen LogP contribution in [0.3, 0.4) is 0 Å². The minimum absolute atomic E-state index is 0.648. The number of aromatic nitrogens is 1. The first kappa shape index (κ1) is 14.5. The lowest BCUT2D eigenvalue weighted by Crippen LogP contribution is -2.22. The van der Waals surface area contributed by atoms with Crippen LogP contribution < -0.4 is 5.32 Å². The van der Waals surface area contributed by atoms with Crippen LogP contribution in [0.5, 0.6) is 0 Å². The highest BCUT2D eigenvalue weighted by Gasteiger charge is 2.06. The Morgan fingerprint density at radius 3 is 2.76 bits per heavy atom. The minimum Gasteiger partial charge on any atom is -0.316 e. The number of halogens is 1. The van der Waals surface area contributed by atoms with Gasteiger partial charge in [-0.25, -0.2) is 0 Å². The lowest BCUT2D eigenvalue weighted by Gasteiger charge is -2.13. The van der Waals surface area contributed by atoms with E-state index in [0.717, 1.165) is 30.5 Å². The summed E-state index contributed by atoms with van der Waals surface area (Å²) in [6, 6.07) is 2.01. The van der Waals surface area contributed by atoms with Crippen molar-refractivity contribution in [3.05, 3.63) is 29.0 Å². The van der Waals surface area contributed by atoms with Gasteiger partial charge in [0, 0.05) is 12.4 Å². The van der Waals surface area contributed by atoms with Gasteiger partial charge in [-0.05, 0) is 49.4 Å². The molecule has 0 aliphatic rings. The zero-order valence-electron chi connectivity index (χ0n) is 11.0. The molecule has 0 fully saturated rings. The normalized spacial score (nSPS) is 13.0. The molecule has 0 saturated heterocycles. The monoisotopic (exact) mass is 254 g/mol. The van der Waals surface area contributed by atoms with E-state index in [-0.39, 0.29) is 0 Å². The Labute approximate surface area is 110 Å². The second kappa shape index (κ2) is 7.67. The van der Waals surface area contributed by atoms with Crippen LogP contribution in [0.1, 0.15) is 32.8 Å². The van der Waals surface area contributed by atoms with Gasteiger partial charge in [0.1, 0.15) is 0 Å². The van der Waals surface area contributed by atoms with E-state index in [1.807, 2.05) is 12.3 Å². The van der Waals surface area contributed by atoms with E-state index in [1.165, 1.54) is 12.0 Å². The molecule has 1 atom stereocenters. The van der Waals surface area contributed by atoms with Crippen LogP contribution in [0.15, 0.2) is 18.5 Å². The molecule has 0 spiro atoms. The highest BCUT2D eigenvalue weighted by molar-refractivity contribution is 6.31. The van der Waals surface area contributed by atoms with Crippen LogP contribution in [-0.4, -0.2) is 18.1 Å². The van der Waals surface area contributed by atoms with E-state index in [4.69, 9.17) is 11.6 Å².